The number of aryl methyl sites for hydroxylation is 1. The molecule has 0 bridgehead atoms. The number of aliphatic hydroxyl groups excluding tert-OH is 1. The van der Waals surface area contributed by atoms with E-state index in [4.69, 9.17) is 10.1 Å². The zero-order valence-electron chi connectivity index (χ0n) is 12.7. The number of β-amino-alcohol motifs (C(OH)–C–C–N with tert-alkyl or cyclic N) is 1. The largest absolute Gasteiger partial charge is 0.395 e. The van der Waals surface area contributed by atoms with Gasteiger partial charge in [0.05, 0.1) is 17.6 Å². The number of benzene rings is 2. The van der Waals surface area contributed by atoms with E-state index >= 15 is 0 Å². The summed E-state index contributed by atoms with van der Waals surface area (Å²) in [6.07, 6.45) is 0. The van der Waals surface area contributed by atoms with E-state index in [1.54, 1.807) is 0 Å². The van der Waals surface area contributed by atoms with E-state index in [1.807, 2.05) is 18.2 Å². The quantitative estimate of drug-likeness (QED) is 0.807. The number of imidazole rings is 1. The van der Waals surface area contributed by atoms with Gasteiger partial charge in [-0.15, -0.1) is 0 Å². The van der Waals surface area contributed by atoms with Crippen LogP contribution >= 0.6 is 0 Å². The summed E-state index contributed by atoms with van der Waals surface area (Å²) in [6.45, 7) is 2.76. The molecule has 0 atom stereocenters. The van der Waals surface area contributed by atoms with Crippen LogP contribution < -0.4 is 0 Å². The van der Waals surface area contributed by atoms with E-state index in [0.717, 1.165) is 36.5 Å². The third kappa shape index (κ3) is 2.12. The first kappa shape index (κ1) is 13.5. The average molecular weight is 293 g/mol. The molecule has 4 nitrogen and oxygen atoms in total. The van der Waals surface area contributed by atoms with E-state index in [1.165, 1.54) is 16.6 Å². The monoisotopic (exact) mass is 293 g/mol. The molecule has 4 heteroatoms. The highest BCUT2D eigenvalue weighted by molar-refractivity contribution is 5.82. The fraction of sp³-hybridized carbons (Fsp3) is 0.278. The average Bonchev–Trinajstić information content (AvgIpc) is 3.07. The highest BCUT2D eigenvalue weighted by Gasteiger charge is 2.21. The Kier molecular flexibility index (Phi) is 3.21. The lowest BCUT2D eigenvalue weighted by molar-refractivity contribution is 0.198. The van der Waals surface area contributed by atoms with Crippen molar-refractivity contribution in [3.05, 3.63) is 53.6 Å². The molecule has 0 aliphatic carbocycles. The van der Waals surface area contributed by atoms with Crippen LogP contribution in [0.3, 0.4) is 0 Å². The van der Waals surface area contributed by atoms with Crippen LogP contribution in [0.1, 0.15) is 11.1 Å². The van der Waals surface area contributed by atoms with E-state index in [-0.39, 0.29) is 6.61 Å². The van der Waals surface area contributed by atoms with Gasteiger partial charge in [-0.2, -0.15) is 0 Å². The van der Waals surface area contributed by atoms with Gasteiger partial charge in [0.1, 0.15) is 5.82 Å². The van der Waals surface area contributed by atoms with E-state index < -0.39 is 0 Å². The van der Waals surface area contributed by atoms with Gasteiger partial charge >= 0.3 is 0 Å². The first-order valence-electron chi connectivity index (χ1n) is 7.63. The Balaban J connectivity index is 1.79. The smallest absolute Gasteiger partial charge is 0.140 e. The Morgan fingerprint density at radius 2 is 1.82 bits per heavy atom. The lowest BCUT2D eigenvalue weighted by Gasteiger charge is -2.11. The zero-order chi connectivity index (χ0) is 15.1. The second-order valence-corrected chi connectivity index (χ2v) is 5.90. The molecule has 0 saturated carbocycles. The minimum atomic E-state index is 0.212. The van der Waals surface area contributed by atoms with Crippen LogP contribution in [0.2, 0.25) is 0 Å². The number of nitrogens with zero attached hydrogens (tertiary/aromatic N) is 3. The Morgan fingerprint density at radius 3 is 2.55 bits per heavy atom. The molecule has 22 heavy (non-hydrogen) atoms. The molecule has 112 valence electrons. The van der Waals surface area contributed by atoms with Gasteiger partial charge in [0.25, 0.3) is 0 Å². The summed E-state index contributed by atoms with van der Waals surface area (Å²) < 4.78 is 2.17. The van der Waals surface area contributed by atoms with Crippen LogP contribution in [0.5, 0.6) is 0 Å². The Morgan fingerprint density at radius 1 is 1.09 bits per heavy atom. The summed E-state index contributed by atoms with van der Waals surface area (Å²) in [6, 6.07) is 14.8. The molecule has 0 saturated heterocycles. The van der Waals surface area contributed by atoms with Crippen molar-refractivity contribution in [1.82, 2.24) is 14.5 Å². The molecule has 0 unspecified atom stereocenters. The maximum atomic E-state index is 9.10. The summed E-state index contributed by atoms with van der Waals surface area (Å²) in [7, 11) is 2.07. The summed E-state index contributed by atoms with van der Waals surface area (Å²) in [5, 5.41) is 9.10. The molecular formula is C18H19N3O. The first-order valence-corrected chi connectivity index (χ1v) is 7.63. The second kappa shape index (κ2) is 5.23. The number of aliphatic hydroxyl groups is 1. The third-order valence-corrected chi connectivity index (χ3v) is 4.44. The van der Waals surface area contributed by atoms with Gasteiger partial charge in [-0.3, -0.25) is 4.90 Å². The second-order valence-electron chi connectivity index (χ2n) is 5.90. The van der Waals surface area contributed by atoms with Crippen LogP contribution in [0, 0.1) is 0 Å². The van der Waals surface area contributed by atoms with Gasteiger partial charge in [-0.1, -0.05) is 30.3 Å². The Bertz CT molecular complexity index is 823. The van der Waals surface area contributed by atoms with E-state index in [9.17, 15) is 0 Å². The van der Waals surface area contributed by atoms with Crippen molar-refractivity contribution < 1.29 is 5.11 Å². The van der Waals surface area contributed by atoms with Crippen LogP contribution in [-0.4, -0.2) is 32.7 Å². The van der Waals surface area contributed by atoms with Gasteiger partial charge in [-0.05, 0) is 23.3 Å². The van der Waals surface area contributed by atoms with Crippen LogP contribution in [0.4, 0.5) is 0 Å². The zero-order valence-corrected chi connectivity index (χ0v) is 12.7. The molecular weight excluding hydrogens is 274 g/mol. The highest BCUT2D eigenvalue weighted by atomic mass is 16.3. The normalized spacial score (nSPS) is 14.6. The van der Waals surface area contributed by atoms with Crippen molar-refractivity contribution in [1.29, 1.82) is 0 Å². The maximum Gasteiger partial charge on any atom is 0.140 e. The lowest BCUT2D eigenvalue weighted by Crippen LogP contribution is -2.20. The minimum Gasteiger partial charge on any atom is -0.395 e. The number of fused-ring (bicyclic) bond motifs is 2. The lowest BCUT2D eigenvalue weighted by atomic mass is 10.1. The topological polar surface area (TPSA) is 41.3 Å². The van der Waals surface area contributed by atoms with Crippen molar-refractivity contribution >= 4 is 11.0 Å². The maximum absolute atomic E-state index is 9.10. The Labute approximate surface area is 129 Å². The van der Waals surface area contributed by atoms with E-state index in [0.29, 0.717) is 0 Å². The minimum absolute atomic E-state index is 0.212. The summed E-state index contributed by atoms with van der Waals surface area (Å²) in [5.74, 6) is 1.01. The molecule has 1 N–H and O–H groups in total. The SMILES string of the molecule is Cn1c(-c2ccccc2)nc2cc3c(cc21)CN(CCO)C3. The van der Waals surface area contributed by atoms with Crippen molar-refractivity contribution in [3.8, 4) is 11.4 Å². The molecule has 2 heterocycles. The summed E-state index contributed by atoms with van der Waals surface area (Å²) in [4.78, 5) is 7.09. The molecule has 0 spiro atoms. The molecule has 0 amide bonds. The molecule has 3 aromatic rings. The number of hydrogen-bond acceptors (Lipinski definition) is 3. The number of hydrogen-bond donors (Lipinski definition) is 1. The fourth-order valence-corrected chi connectivity index (χ4v) is 3.30. The highest BCUT2D eigenvalue weighted by Crippen LogP contribution is 2.30. The number of aromatic nitrogens is 2. The Hall–Kier alpha value is -2.17. The molecule has 1 aliphatic rings. The van der Waals surface area contributed by atoms with Gasteiger partial charge in [0.15, 0.2) is 0 Å². The summed E-state index contributed by atoms with van der Waals surface area (Å²) >= 11 is 0. The summed E-state index contributed by atoms with van der Waals surface area (Å²) in [5.41, 5.74) is 6.04. The number of rotatable bonds is 3. The molecule has 4 rings (SSSR count). The first-order chi connectivity index (χ1) is 10.8. The van der Waals surface area contributed by atoms with Crippen LogP contribution in [0.15, 0.2) is 42.5 Å². The standard InChI is InChI=1S/C18H19N3O/c1-20-17-10-15-12-21(7-8-22)11-14(15)9-16(17)19-18(20)13-5-3-2-4-6-13/h2-6,9-10,22H,7-8,11-12H2,1H3. The molecule has 1 aliphatic heterocycles. The van der Waals surface area contributed by atoms with Gasteiger partial charge < -0.3 is 9.67 Å². The van der Waals surface area contributed by atoms with Crippen molar-refractivity contribution in [2.45, 2.75) is 13.1 Å². The van der Waals surface area contributed by atoms with Crippen molar-refractivity contribution in [2.75, 3.05) is 13.2 Å². The van der Waals surface area contributed by atoms with Gasteiger partial charge in [-0.25, -0.2) is 4.98 Å². The van der Waals surface area contributed by atoms with Gasteiger partial charge in [0, 0.05) is 32.2 Å². The molecule has 0 fully saturated rings. The molecule has 0 radical (unpaired) electrons. The fourth-order valence-electron chi connectivity index (χ4n) is 3.30. The third-order valence-electron chi connectivity index (χ3n) is 4.44. The molecule has 1 aromatic heterocycles. The predicted octanol–water partition coefficient (Wildman–Crippen LogP) is 2.55. The van der Waals surface area contributed by atoms with Crippen LogP contribution in [0.25, 0.3) is 22.4 Å². The molecule has 2 aromatic carbocycles. The van der Waals surface area contributed by atoms with Gasteiger partial charge in [0.2, 0.25) is 0 Å². The van der Waals surface area contributed by atoms with Crippen molar-refractivity contribution in [3.63, 3.8) is 0 Å². The van der Waals surface area contributed by atoms with Crippen LogP contribution in [-0.2, 0) is 20.1 Å². The van der Waals surface area contributed by atoms with Crippen molar-refractivity contribution in [2.24, 2.45) is 7.05 Å². The van der Waals surface area contributed by atoms with E-state index in [2.05, 4.69) is 40.8 Å². The predicted molar refractivity (Wildman–Crippen MR) is 87.3 cm³/mol.